The van der Waals surface area contributed by atoms with Crippen molar-refractivity contribution in [3.05, 3.63) is 83.0 Å². The number of aromatic nitrogens is 1. The molecule has 3 aromatic rings. The average molecular weight is 632 g/mol. The molecule has 0 spiro atoms. The molecule has 0 aliphatic carbocycles. The van der Waals surface area contributed by atoms with Crippen LogP contribution in [0.25, 0.3) is 11.3 Å². The molecule has 1 aliphatic heterocycles. The zero-order valence-corrected chi connectivity index (χ0v) is 26.6. The molecule has 0 saturated carbocycles. The van der Waals surface area contributed by atoms with Gasteiger partial charge in [0.2, 0.25) is 5.91 Å². The first kappa shape index (κ1) is 35.5. The van der Waals surface area contributed by atoms with Crippen LogP contribution in [-0.2, 0) is 27.4 Å². The third-order valence-electron chi connectivity index (χ3n) is 7.23. The van der Waals surface area contributed by atoms with Crippen LogP contribution in [0.1, 0.15) is 34.0 Å². The molecule has 1 aromatic heterocycles. The van der Waals surface area contributed by atoms with Crippen LogP contribution in [0.3, 0.4) is 0 Å². The Labute approximate surface area is 265 Å². The van der Waals surface area contributed by atoms with Crippen LogP contribution in [0.5, 0.6) is 0 Å². The third kappa shape index (κ3) is 9.14. The first-order valence-corrected chi connectivity index (χ1v) is 13.8. The summed E-state index contributed by atoms with van der Waals surface area (Å²) in [6.45, 7) is 7.18. The molecule has 0 unspecified atom stereocenters. The number of carbonyl (C=O) groups excluding carboxylic acids is 3. The van der Waals surface area contributed by atoms with Gasteiger partial charge in [-0.25, -0.2) is 9.80 Å². The van der Waals surface area contributed by atoms with Gasteiger partial charge in [-0.2, -0.15) is 0 Å². The van der Waals surface area contributed by atoms with E-state index < -0.39 is 5.97 Å². The number of carbonyl (C=O) groups is 3. The van der Waals surface area contributed by atoms with Gasteiger partial charge in [0.1, 0.15) is 6.54 Å². The second kappa shape index (κ2) is 16.8. The minimum Gasteiger partial charge on any atom is -0.465 e. The van der Waals surface area contributed by atoms with E-state index in [0.29, 0.717) is 31.7 Å². The maximum atomic E-state index is 13.3. The van der Waals surface area contributed by atoms with Crippen molar-refractivity contribution in [3.8, 4) is 11.3 Å². The second-order valence-corrected chi connectivity index (χ2v) is 9.98. The molecule has 0 atom stereocenters. The van der Waals surface area contributed by atoms with Gasteiger partial charge in [-0.1, -0.05) is 37.3 Å². The Balaban J connectivity index is 0.00000323. The molecule has 0 saturated heterocycles. The normalized spacial score (nSPS) is 11.9. The topological polar surface area (TPSA) is 107 Å². The number of anilines is 1. The first-order chi connectivity index (χ1) is 19.8. The molecule has 0 fully saturated rings. The summed E-state index contributed by atoms with van der Waals surface area (Å²) >= 11 is 0. The number of hydrogen-bond donors (Lipinski definition) is 2. The Bertz CT molecular complexity index is 1360. The van der Waals surface area contributed by atoms with E-state index in [0.717, 1.165) is 29.1 Å². The number of aryl methyl sites for hydroxylation is 1. The van der Waals surface area contributed by atoms with Crippen LogP contribution in [0.15, 0.2) is 60.8 Å². The number of esters is 1. The van der Waals surface area contributed by atoms with Crippen molar-refractivity contribution in [1.82, 2.24) is 25.2 Å². The Morgan fingerprint density at radius 3 is 2.28 bits per heavy atom. The molecule has 2 amide bonds. The highest BCUT2D eigenvalue weighted by molar-refractivity contribution is 5.89. The Morgan fingerprint density at radius 1 is 1.00 bits per heavy atom. The van der Waals surface area contributed by atoms with Crippen LogP contribution in [0, 0.1) is 6.92 Å². The number of rotatable bonds is 12. The monoisotopic (exact) mass is 630 g/mol. The number of amides is 2. The summed E-state index contributed by atoms with van der Waals surface area (Å²) in [5.74, 6) is -0.717. The zero-order valence-electron chi connectivity index (χ0n) is 25.0. The smallest absolute Gasteiger partial charge is 0.339 e. The zero-order chi connectivity index (χ0) is 29.4. The summed E-state index contributed by atoms with van der Waals surface area (Å²) in [7, 11) is 3.10. The van der Waals surface area contributed by atoms with E-state index in [9.17, 15) is 14.4 Å². The molecule has 12 heteroatoms. The SMILES string of the molecule is CCNCCN(CC(=O)N(C)N1Cc2ccccc2C1)C(=O)CNc1ccc(-c2ccc(C(=O)OC)cn2)cc1C.Cl.Cl. The summed E-state index contributed by atoms with van der Waals surface area (Å²) in [6, 6.07) is 17.4. The lowest BCUT2D eigenvalue weighted by Crippen LogP contribution is -2.49. The van der Waals surface area contributed by atoms with Crippen molar-refractivity contribution in [2.24, 2.45) is 0 Å². The first-order valence-electron chi connectivity index (χ1n) is 13.8. The predicted molar refractivity (Wildman–Crippen MR) is 172 cm³/mol. The van der Waals surface area contributed by atoms with Crippen LogP contribution >= 0.6 is 24.8 Å². The number of likely N-dealkylation sites (N-methyl/N-ethyl adjacent to an activating group) is 2. The molecule has 2 N–H and O–H groups in total. The summed E-state index contributed by atoms with van der Waals surface area (Å²) in [5, 5.41) is 10.1. The number of benzene rings is 2. The highest BCUT2D eigenvalue weighted by atomic mass is 35.5. The number of nitrogens with zero attached hydrogens (tertiary/aromatic N) is 4. The van der Waals surface area contributed by atoms with Crippen molar-refractivity contribution in [1.29, 1.82) is 0 Å². The minimum atomic E-state index is -0.432. The number of hydrogen-bond acceptors (Lipinski definition) is 8. The Morgan fingerprint density at radius 2 is 1.70 bits per heavy atom. The molecule has 43 heavy (non-hydrogen) atoms. The lowest BCUT2D eigenvalue weighted by atomic mass is 10.1. The number of hydrazine groups is 1. The summed E-state index contributed by atoms with van der Waals surface area (Å²) in [6.07, 6.45) is 1.49. The van der Waals surface area contributed by atoms with Gasteiger partial charge >= 0.3 is 5.97 Å². The van der Waals surface area contributed by atoms with Gasteiger partial charge in [0.25, 0.3) is 5.91 Å². The summed E-state index contributed by atoms with van der Waals surface area (Å²) < 4.78 is 4.73. The number of nitrogens with one attached hydrogen (secondary N) is 2. The van der Waals surface area contributed by atoms with E-state index in [2.05, 4.69) is 27.8 Å². The maximum Gasteiger partial charge on any atom is 0.339 e. The van der Waals surface area contributed by atoms with Gasteiger partial charge in [-0.3, -0.25) is 19.6 Å². The van der Waals surface area contributed by atoms with Gasteiger partial charge < -0.3 is 20.3 Å². The molecular formula is C31H40Cl2N6O4. The fourth-order valence-corrected chi connectivity index (χ4v) is 4.74. The fraction of sp³-hybridized carbons (Fsp3) is 0.355. The highest BCUT2D eigenvalue weighted by Gasteiger charge is 2.27. The number of pyridine rings is 1. The van der Waals surface area contributed by atoms with Crippen molar-refractivity contribution in [2.45, 2.75) is 26.9 Å². The molecule has 2 aromatic carbocycles. The summed E-state index contributed by atoms with van der Waals surface area (Å²) in [4.78, 5) is 44.2. The van der Waals surface area contributed by atoms with Crippen LogP contribution in [0.2, 0.25) is 0 Å². The van der Waals surface area contributed by atoms with E-state index >= 15 is 0 Å². The van der Waals surface area contributed by atoms with E-state index in [1.165, 1.54) is 24.4 Å². The van der Waals surface area contributed by atoms with Gasteiger partial charge in [0, 0.05) is 50.7 Å². The molecule has 2 heterocycles. The predicted octanol–water partition coefficient (Wildman–Crippen LogP) is 3.93. The van der Waals surface area contributed by atoms with Crippen molar-refractivity contribution >= 4 is 48.3 Å². The van der Waals surface area contributed by atoms with Crippen LogP contribution in [0.4, 0.5) is 5.69 Å². The van der Waals surface area contributed by atoms with Gasteiger partial charge in [-0.05, 0) is 54.4 Å². The molecule has 0 radical (unpaired) electrons. The molecule has 232 valence electrons. The molecular weight excluding hydrogens is 591 g/mol. The Hall–Kier alpha value is -3.70. The van der Waals surface area contributed by atoms with Gasteiger partial charge in [0.15, 0.2) is 0 Å². The van der Waals surface area contributed by atoms with Gasteiger partial charge in [-0.15, -0.1) is 24.8 Å². The van der Waals surface area contributed by atoms with Crippen LogP contribution in [-0.4, -0.2) is 84.6 Å². The van der Waals surface area contributed by atoms with Crippen molar-refractivity contribution in [3.63, 3.8) is 0 Å². The molecule has 0 bridgehead atoms. The van der Waals surface area contributed by atoms with Gasteiger partial charge in [0.05, 0.1) is 24.9 Å². The molecule has 1 aliphatic rings. The molecule has 10 nitrogen and oxygen atoms in total. The van der Waals surface area contributed by atoms with E-state index in [1.54, 1.807) is 29.1 Å². The highest BCUT2D eigenvalue weighted by Crippen LogP contribution is 2.25. The van der Waals surface area contributed by atoms with Crippen molar-refractivity contribution < 1.29 is 19.1 Å². The Kier molecular flexibility index (Phi) is 13.9. The van der Waals surface area contributed by atoms with E-state index in [-0.39, 0.29) is 49.7 Å². The van der Waals surface area contributed by atoms with Crippen LogP contribution < -0.4 is 10.6 Å². The number of halogens is 2. The molecule has 4 rings (SSSR count). The summed E-state index contributed by atoms with van der Waals surface area (Å²) in [5.41, 5.74) is 6.19. The maximum absolute atomic E-state index is 13.3. The fourth-order valence-electron chi connectivity index (χ4n) is 4.74. The minimum absolute atomic E-state index is 0. The average Bonchev–Trinajstić information content (AvgIpc) is 3.43. The number of ether oxygens (including phenoxy) is 1. The largest absolute Gasteiger partial charge is 0.465 e. The van der Waals surface area contributed by atoms with E-state index in [4.69, 9.17) is 4.74 Å². The van der Waals surface area contributed by atoms with Crippen molar-refractivity contribution in [2.75, 3.05) is 52.2 Å². The second-order valence-electron chi connectivity index (χ2n) is 9.98. The number of methoxy groups -OCH3 is 1. The van der Waals surface area contributed by atoms with E-state index in [1.807, 2.05) is 49.2 Å². The quantitative estimate of drug-likeness (QED) is 0.229. The number of fused-ring (bicyclic) bond motifs is 1. The lowest BCUT2D eigenvalue weighted by Gasteiger charge is -2.31. The standard InChI is InChI=1S/C31H38N6O4.2ClH/c1-5-32-14-15-36(21-30(39)35(3)37-19-25-8-6-7-9-26(25)20-37)29(38)18-34-27-12-10-23(16-22(27)2)28-13-11-24(17-33-28)31(40)41-4;;/h6-13,16-17,32,34H,5,14-15,18-21H2,1-4H3;2*1H. The third-order valence-corrected chi connectivity index (χ3v) is 7.23. The lowest BCUT2D eigenvalue weighted by molar-refractivity contribution is -0.151.